The van der Waals surface area contributed by atoms with Gasteiger partial charge < -0.3 is 15.0 Å². The summed E-state index contributed by atoms with van der Waals surface area (Å²) in [7, 11) is 2.11. The van der Waals surface area contributed by atoms with E-state index in [1.54, 1.807) is 12.1 Å². The number of piperidine rings is 1. The first-order chi connectivity index (χ1) is 12.4. The van der Waals surface area contributed by atoms with Crippen molar-refractivity contribution in [1.82, 2.24) is 4.90 Å². The van der Waals surface area contributed by atoms with Crippen LogP contribution in [0.25, 0.3) is 0 Å². The fourth-order valence-electron chi connectivity index (χ4n) is 3.20. The Morgan fingerprint density at radius 1 is 1.30 bits per heavy atom. The minimum Gasteiger partial charge on any atom is -0.490 e. The van der Waals surface area contributed by atoms with Crippen LogP contribution < -0.4 is 10.1 Å². The van der Waals surface area contributed by atoms with Crippen molar-refractivity contribution in [2.24, 2.45) is 5.92 Å². The average molecular weight is 413 g/mol. The number of nitrogens with zero attached hydrogens (tertiary/aromatic N) is 1. The van der Waals surface area contributed by atoms with Gasteiger partial charge in [-0.25, -0.2) is 4.39 Å². The van der Waals surface area contributed by atoms with E-state index < -0.39 is 5.82 Å². The zero-order valence-electron chi connectivity index (χ0n) is 15.2. The van der Waals surface area contributed by atoms with E-state index >= 15 is 0 Å². The monoisotopic (exact) mass is 412 g/mol. The molecule has 0 spiro atoms. The van der Waals surface area contributed by atoms with Crippen molar-refractivity contribution in [3.8, 4) is 5.75 Å². The van der Waals surface area contributed by atoms with E-state index in [2.05, 4.69) is 24.2 Å². The van der Waals surface area contributed by atoms with Crippen LogP contribution in [0, 0.1) is 11.7 Å². The highest BCUT2D eigenvalue weighted by Gasteiger charge is 2.25. The summed E-state index contributed by atoms with van der Waals surface area (Å²) in [5.74, 6) is 0.286. The van der Waals surface area contributed by atoms with Gasteiger partial charge in [0, 0.05) is 30.8 Å². The molecule has 0 aromatic heterocycles. The summed E-state index contributed by atoms with van der Waals surface area (Å²) < 4.78 is 19.3. The Labute approximate surface area is 170 Å². The number of likely N-dealkylation sites (tertiary alicyclic amines) is 1. The van der Waals surface area contributed by atoms with Crippen molar-refractivity contribution in [3.63, 3.8) is 0 Å². The van der Waals surface area contributed by atoms with Crippen LogP contribution in [-0.2, 0) is 0 Å². The maximum atomic E-state index is 13.1. The van der Waals surface area contributed by atoms with Gasteiger partial charge in [0.1, 0.15) is 17.7 Å². The molecule has 0 aliphatic carbocycles. The molecule has 2 atom stereocenters. The molecule has 146 valence electrons. The van der Waals surface area contributed by atoms with Crippen LogP contribution in [0.5, 0.6) is 5.75 Å². The molecule has 1 fully saturated rings. The standard InChI is InChI=1S/C20H22ClFN2O2.ClH/c1-13-12-24(2)9-8-19(13)26-16-5-3-4-15(11-16)23-20(25)17-7-6-14(22)10-18(17)21;/h3-7,10-11,13,19H,8-9,12H2,1-2H3,(H,23,25);1H/t13-,19+;/m0./s1. The highest BCUT2D eigenvalue weighted by molar-refractivity contribution is 6.34. The number of hydrogen-bond acceptors (Lipinski definition) is 3. The molecule has 2 aromatic carbocycles. The number of ether oxygens (including phenoxy) is 1. The number of carbonyl (C=O) groups is 1. The Morgan fingerprint density at radius 2 is 2.07 bits per heavy atom. The van der Waals surface area contributed by atoms with E-state index in [4.69, 9.17) is 16.3 Å². The molecule has 3 rings (SSSR count). The molecular formula is C20H23Cl2FN2O2. The van der Waals surface area contributed by atoms with Crippen molar-refractivity contribution < 1.29 is 13.9 Å². The van der Waals surface area contributed by atoms with E-state index in [0.717, 1.165) is 31.3 Å². The largest absolute Gasteiger partial charge is 0.490 e. The number of benzene rings is 2. The Balaban J connectivity index is 0.00000261. The van der Waals surface area contributed by atoms with Crippen molar-refractivity contribution in [1.29, 1.82) is 0 Å². The summed E-state index contributed by atoms with van der Waals surface area (Å²) in [5, 5.41) is 2.86. The molecule has 1 saturated heterocycles. The predicted octanol–water partition coefficient (Wildman–Crippen LogP) is 4.87. The molecule has 0 unspecified atom stereocenters. The van der Waals surface area contributed by atoms with Crippen molar-refractivity contribution in [2.45, 2.75) is 19.4 Å². The zero-order chi connectivity index (χ0) is 18.7. The average Bonchev–Trinajstić information content (AvgIpc) is 2.57. The lowest BCUT2D eigenvalue weighted by Crippen LogP contribution is -2.42. The number of nitrogens with one attached hydrogen (secondary N) is 1. The molecule has 1 heterocycles. The molecule has 4 nitrogen and oxygen atoms in total. The second-order valence-electron chi connectivity index (χ2n) is 6.79. The second kappa shape index (κ2) is 9.40. The molecule has 0 radical (unpaired) electrons. The fourth-order valence-corrected chi connectivity index (χ4v) is 3.45. The molecule has 7 heteroatoms. The van der Waals surface area contributed by atoms with Crippen LogP contribution in [0.1, 0.15) is 23.7 Å². The van der Waals surface area contributed by atoms with Crippen molar-refractivity contribution >= 4 is 35.6 Å². The zero-order valence-corrected chi connectivity index (χ0v) is 16.8. The molecule has 27 heavy (non-hydrogen) atoms. The van der Waals surface area contributed by atoms with Gasteiger partial charge in [-0.2, -0.15) is 0 Å². The van der Waals surface area contributed by atoms with Gasteiger partial charge in [0.15, 0.2) is 0 Å². The first-order valence-electron chi connectivity index (χ1n) is 8.64. The number of halogens is 3. The van der Waals surface area contributed by atoms with Gasteiger partial charge in [0.05, 0.1) is 10.6 Å². The smallest absolute Gasteiger partial charge is 0.257 e. The molecular weight excluding hydrogens is 390 g/mol. The maximum Gasteiger partial charge on any atom is 0.257 e. The van der Waals surface area contributed by atoms with Gasteiger partial charge in [-0.3, -0.25) is 4.79 Å². The summed E-state index contributed by atoms with van der Waals surface area (Å²) in [4.78, 5) is 14.7. The third kappa shape index (κ3) is 5.58. The lowest BCUT2D eigenvalue weighted by Gasteiger charge is -2.34. The number of rotatable bonds is 4. The first-order valence-corrected chi connectivity index (χ1v) is 9.02. The Kier molecular flexibility index (Phi) is 7.48. The van der Waals surface area contributed by atoms with Gasteiger partial charge in [0.2, 0.25) is 0 Å². The van der Waals surface area contributed by atoms with Crippen LogP contribution in [0.4, 0.5) is 10.1 Å². The van der Waals surface area contributed by atoms with E-state index in [1.807, 2.05) is 12.1 Å². The SMILES string of the molecule is C[C@H]1CN(C)CC[C@H]1Oc1cccc(NC(=O)c2ccc(F)cc2Cl)c1.Cl. The van der Waals surface area contributed by atoms with Crippen molar-refractivity contribution in [3.05, 3.63) is 58.9 Å². The maximum absolute atomic E-state index is 13.1. The van der Waals surface area contributed by atoms with E-state index in [0.29, 0.717) is 11.6 Å². The van der Waals surface area contributed by atoms with Crippen LogP contribution >= 0.6 is 24.0 Å². The third-order valence-electron chi connectivity index (χ3n) is 4.58. The molecule has 1 N–H and O–H groups in total. The van der Waals surface area contributed by atoms with Crippen LogP contribution in [0.15, 0.2) is 42.5 Å². The molecule has 0 bridgehead atoms. The van der Waals surface area contributed by atoms with E-state index in [-0.39, 0.29) is 35.0 Å². The van der Waals surface area contributed by atoms with Crippen LogP contribution in [0.2, 0.25) is 5.02 Å². The lowest BCUT2D eigenvalue weighted by atomic mass is 9.97. The van der Waals surface area contributed by atoms with Crippen LogP contribution in [-0.4, -0.2) is 37.0 Å². The second-order valence-corrected chi connectivity index (χ2v) is 7.20. The quantitative estimate of drug-likeness (QED) is 0.778. The molecule has 0 saturated carbocycles. The van der Waals surface area contributed by atoms with Gasteiger partial charge in [-0.15, -0.1) is 12.4 Å². The van der Waals surface area contributed by atoms with Gasteiger partial charge in [0.25, 0.3) is 5.91 Å². The number of hydrogen-bond donors (Lipinski definition) is 1. The van der Waals surface area contributed by atoms with E-state index in [9.17, 15) is 9.18 Å². The predicted molar refractivity (Wildman–Crippen MR) is 109 cm³/mol. The highest BCUT2D eigenvalue weighted by Crippen LogP contribution is 2.25. The molecule has 1 aliphatic heterocycles. The number of amides is 1. The number of carbonyl (C=O) groups excluding carboxylic acids is 1. The Hall–Kier alpha value is -1.82. The number of anilines is 1. The van der Waals surface area contributed by atoms with Gasteiger partial charge in [-0.1, -0.05) is 24.6 Å². The summed E-state index contributed by atoms with van der Waals surface area (Å²) in [6, 6.07) is 11.0. The Bertz CT molecular complexity index is 803. The summed E-state index contributed by atoms with van der Waals surface area (Å²) in [6.07, 6.45) is 1.13. The Morgan fingerprint density at radius 3 is 2.78 bits per heavy atom. The summed E-state index contributed by atoms with van der Waals surface area (Å²) >= 11 is 5.95. The lowest BCUT2D eigenvalue weighted by molar-refractivity contribution is 0.0640. The van der Waals surface area contributed by atoms with E-state index in [1.165, 1.54) is 12.1 Å². The summed E-state index contributed by atoms with van der Waals surface area (Å²) in [5.41, 5.74) is 0.830. The van der Waals surface area contributed by atoms with Crippen molar-refractivity contribution in [2.75, 3.05) is 25.5 Å². The molecule has 2 aromatic rings. The fraction of sp³-hybridized carbons (Fsp3) is 0.350. The molecule has 1 aliphatic rings. The first kappa shape index (κ1) is 21.5. The van der Waals surface area contributed by atoms with Crippen LogP contribution in [0.3, 0.4) is 0 Å². The molecule has 1 amide bonds. The third-order valence-corrected chi connectivity index (χ3v) is 4.90. The normalized spacial score (nSPS) is 19.9. The summed E-state index contributed by atoms with van der Waals surface area (Å²) in [6.45, 7) is 4.20. The minimum absolute atomic E-state index is 0. The van der Waals surface area contributed by atoms with Gasteiger partial charge >= 0.3 is 0 Å². The van der Waals surface area contributed by atoms with Gasteiger partial charge in [-0.05, 0) is 43.8 Å². The minimum atomic E-state index is -0.478. The topological polar surface area (TPSA) is 41.6 Å². The highest BCUT2D eigenvalue weighted by atomic mass is 35.5.